The number of hydrogen-bond acceptors (Lipinski definition) is 6. The van der Waals surface area contributed by atoms with Gasteiger partial charge in [0.15, 0.2) is 11.5 Å². The van der Waals surface area contributed by atoms with Crippen molar-refractivity contribution in [1.29, 1.82) is 0 Å². The van der Waals surface area contributed by atoms with Crippen LogP contribution in [0.1, 0.15) is 30.9 Å². The van der Waals surface area contributed by atoms with Crippen LogP contribution >= 0.6 is 11.8 Å². The number of likely N-dealkylation sites (tertiary alicyclic amines) is 1. The second-order valence-corrected chi connectivity index (χ2v) is 10.3. The zero-order chi connectivity index (χ0) is 23.5. The molecule has 2 fully saturated rings. The van der Waals surface area contributed by atoms with Crippen molar-refractivity contribution < 1.29 is 19.1 Å². The highest BCUT2D eigenvalue weighted by molar-refractivity contribution is 8.01. The number of ether oxygens (including phenoxy) is 2. The van der Waals surface area contributed by atoms with Crippen LogP contribution in [0.25, 0.3) is 0 Å². The third-order valence-electron chi connectivity index (χ3n) is 6.63. The van der Waals surface area contributed by atoms with E-state index in [2.05, 4.69) is 28.9 Å². The van der Waals surface area contributed by atoms with Gasteiger partial charge in [0, 0.05) is 31.1 Å². The number of benzene rings is 2. The van der Waals surface area contributed by atoms with E-state index in [-0.39, 0.29) is 29.6 Å². The number of fused-ring (bicyclic) bond motifs is 1. The molecule has 9 heteroatoms. The van der Waals surface area contributed by atoms with E-state index in [1.165, 1.54) is 5.56 Å². The van der Waals surface area contributed by atoms with E-state index in [4.69, 9.17) is 9.47 Å². The van der Waals surface area contributed by atoms with Gasteiger partial charge in [0.1, 0.15) is 0 Å². The van der Waals surface area contributed by atoms with Crippen molar-refractivity contribution in [3.05, 3.63) is 53.6 Å². The molecule has 3 amide bonds. The number of nitrogens with zero attached hydrogens (tertiary/aromatic N) is 1. The van der Waals surface area contributed by atoms with E-state index in [0.29, 0.717) is 25.4 Å². The van der Waals surface area contributed by atoms with Gasteiger partial charge in [-0.15, -0.1) is 11.8 Å². The van der Waals surface area contributed by atoms with Crippen LogP contribution < -0.4 is 25.4 Å². The number of anilines is 1. The molecule has 0 aliphatic carbocycles. The SMILES string of the molecule is CCc1cccc(NC(=O)N2CCC3(CC2)NC(C(=O)NCc2ccc4c(c2)OCO4)CS3)c1. The Kier molecular flexibility index (Phi) is 6.56. The molecule has 0 saturated carbocycles. The minimum Gasteiger partial charge on any atom is -0.454 e. The molecule has 1 atom stereocenters. The third kappa shape index (κ3) is 4.95. The van der Waals surface area contributed by atoms with E-state index in [9.17, 15) is 9.59 Å². The molecule has 1 unspecified atom stereocenters. The molecule has 34 heavy (non-hydrogen) atoms. The molecule has 2 aromatic rings. The highest BCUT2D eigenvalue weighted by Gasteiger charge is 2.44. The molecule has 2 saturated heterocycles. The first kappa shape index (κ1) is 22.9. The third-order valence-corrected chi connectivity index (χ3v) is 8.21. The van der Waals surface area contributed by atoms with Crippen LogP contribution in [0, 0.1) is 0 Å². The topological polar surface area (TPSA) is 91.9 Å². The van der Waals surface area contributed by atoms with Gasteiger partial charge in [-0.3, -0.25) is 10.1 Å². The molecule has 3 aliphatic rings. The second-order valence-electron chi connectivity index (χ2n) is 8.88. The highest BCUT2D eigenvalue weighted by atomic mass is 32.2. The average molecular weight is 483 g/mol. The standard InChI is InChI=1S/C25H30N4O4S/c1-2-17-4-3-5-19(12-17)27-24(31)29-10-8-25(9-11-29)28-20(15-34-25)23(30)26-14-18-6-7-21-22(13-18)33-16-32-21/h3-7,12-13,20,28H,2,8-11,14-16H2,1H3,(H,26,30)(H,27,31). The summed E-state index contributed by atoms with van der Waals surface area (Å²) in [6, 6.07) is 13.4. The van der Waals surface area contributed by atoms with E-state index >= 15 is 0 Å². The molecule has 2 aromatic carbocycles. The first-order chi connectivity index (χ1) is 16.5. The molecule has 8 nitrogen and oxygen atoms in total. The summed E-state index contributed by atoms with van der Waals surface area (Å²) in [5, 5.41) is 9.61. The maximum atomic E-state index is 12.8. The van der Waals surface area contributed by atoms with Crippen molar-refractivity contribution in [3.8, 4) is 11.5 Å². The van der Waals surface area contributed by atoms with Crippen molar-refractivity contribution in [2.45, 2.75) is 43.6 Å². The Morgan fingerprint density at radius 2 is 1.94 bits per heavy atom. The Labute approximate surface area is 203 Å². The molecule has 180 valence electrons. The van der Waals surface area contributed by atoms with E-state index in [0.717, 1.165) is 42.0 Å². The molecule has 5 rings (SSSR count). The van der Waals surface area contributed by atoms with Crippen LogP contribution in [-0.4, -0.2) is 53.4 Å². The number of carbonyl (C=O) groups is 2. The number of amides is 3. The number of nitrogens with one attached hydrogen (secondary N) is 3. The maximum absolute atomic E-state index is 12.8. The van der Waals surface area contributed by atoms with Gasteiger partial charge in [-0.05, 0) is 54.7 Å². The smallest absolute Gasteiger partial charge is 0.321 e. The van der Waals surface area contributed by atoms with Gasteiger partial charge in [0.25, 0.3) is 0 Å². The van der Waals surface area contributed by atoms with Crippen LogP contribution in [0.5, 0.6) is 11.5 Å². The fraction of sp³-hybridized carbons (Fsp3) is 0.440. The molecule has 0 radical (unpaired) electrons. The van der Waals surface area contributed by atoms with Crippen molar-refractivity contribution in [2.24, 2.45) is 0 Å². The van der Waals surface area contributed by atoms with Crippen LogP contribution in [0.4, 0.5) is 10.5 Å². The number of hydrogen-bond donors (Lipinski definition) is 3. The van der Waals surface area contributed by atoms with Gasteiger partial charge < -0.3 is 25.0 Å². The quantitative estimate of drug-likeness (QED) is 0.606. The van der Waals surface area contributed by atoms with Crippen LogP contribution in [-0.2, 0) is 17.8 Å². The minimum absolute atomic E-state index is 0.00183. The summed E-state index contributed by atoms with van der Waals surface area (Å²) >= 11 is 1.80. The Morgan fingerprint density at radius 1 is 1.12 bits per heavy atom. The fourth-order valence-electron chi connectivity index (χ4n) is 4.58. The first-order valence-electron chi connectivity index (χ1n) is 11.8. The van der Waals surface area contributed by atoms with Gasteiger partial charge in [-0.1, -0.05) is 25.1 Å². The van der Waals surface area contributed by atoms with E-state index in [1.807, 2.05) is 41.3 Å². The molecule has 1 spiro atoms. The van der Waals surface area contributed by atoms with E-state index in [1.54, 1.807) is 11.8 Å². The number of thioether (sulfide) groups is 1. The van der Waals surface area contributed by atoms with Crippen molar-refractivity contribution in [2.75, 3.05) is 31.0 Å². The fourth-order valence-corrected chi connectivity index (χ4v) is 6.00. The maximum Gasteiger partial charge on any atom is 0.321 e. The molecular weight excluding hydrogens is 452 g/mol. The Bertz CT molecular complexity index is 1070. The van der Waals surface area contributed by atoms with Gasteiger partial charge in [-0.25, -0.2) is 4.79 Å². The summed E-state index contributed by atoms with van der Waals surface area (Å²) in [7, 11) is 0. The zero-order valence-corrected chi connectivity index (χ0v) is 20.1. The van der Waals surface area contributed by atoms with Crippen molar-refractivity contribution in [3.63, 3.8) is 0 Å². The lowest BCUT2D eigenvalue weighted by molar-refractivity contribution is -0.122. The zero-order valence-electron chi connectivity index (χ0n) is 19.3. The molecule has 3 aliphatic heterocycles. The number of carbonyl (C=O) groups excluding carboxylic acids is 2. The van der Waals surface area contributed by atoms with Crippen molar-refractivity contribution >= 4 is 29.4 Å². The van der Waals surface area contributed by atoms with Gasteiger partial charge in [0.05, 0.1) is 10.9 Å². The number of urea groups is 1. The van der Waals surface area contributed by atoms with Gasteiger partial charge >= 0.3 is 6.03 Å². The Balaban J connectivity index is 1.09. The predicted octanol–water partition coefficient (Wildman–Crippen LogP) is 3.32. The number of aryl methyl sites for hydroxylation is 1. The summed E-state index contributed by atoms with van der Waals surface area (Å²) in [6.07, 6.45) is 2.56. The summed E-state index contributed by atoms with van der Waals surface area (Å²) in [5.74, 6) is 2.18. The monoisotopic (exact) mass is 482 g/mol. The van der Waals surface area contributed by atoms with Crippen LogP contribution in [0.3, 0.4) is 0 Å². The van der Waals surface area contributed by atoms with Crippen LogP contribution in [0.2, 0.25) is 0 Å². The lowest BCUT2D eigenvalue weighted by atomic mass is 10.0. The molecular formula is C25H30N4O4S. The number of piperidine rings is 1. The minimum atomic E-state index is -0.240. The van der Waals surface area contributed by atoms with E-state index < -0.39 is 0 Å². The molecule has 3 N–H and O–H groups in total. The average Bonchev–Trinajstić information content (AvgIpc) is 3.50. The molecule has 3 heterocycles. The predicted molar refractivity (Wildman–Crippen MR) is 132 cm³/mol. The van der Waals surface area contributed by atoms with Crippen LogP contribution in [0.15, 0.2) is 42.5 Å². The summed E-state index contributed by atoms with van der Waals surface area (Å²) in [6.45, 7) is 4.10. The summed E-state index contributed by atoms with van der Waals surface area (Å²) in [4.78, 5) is 27.2. The second kappa shape index (κ2) is 9.76. The Morgan fingerprint density at radius 3 is 2.76 bits per heavy atom. The van der Waals surface area contributed by atoms with Crippen molar-refractivity contribution in [1.82, 2.24) is 15.5 Å². The lowest BCUT2D eigenvalue weighted by Gasteiger charge is -2.39. The molecule has 0 aromatic heterocycles. The highest BCUT2D eigenvalue weighted by Crippen LogP contribution is 2.39. The summed E-state index contributed by atoms with van der Waals surface area (Å²) in [5.41, 5.74) is 3.00. The summed E-state index contributed by atoms with van der Waals surface area (Å²) < 4.78 is 10.7. The molecule has 0 bridgehead atoms. The first-order valence-corrected chi connectivity index (χ1v) is 12.7. The normalized spacial score (nSPS) is 20.4. The lowest BCUT2D eigenvalue weighted by Crippen LogP contribution is -2.54. The number of rotatable bonds is 5. The van der Waals surface area contributed by atoms with Gasteiger partial charge in [0.2, 0.25) is 12.7 Å². The largest absolute Gasteiger partial charge is 0.454 e. The Hall–Kier alpha value is -2.91. The van der Waals surface area contributed by atoms with Gasteiger partial charge in [-0.2, -0.15) is 0 Å².